The van der Waals surface area contributed by atoms with E-state index >= 15 is 0 Å². The summed E-state index contributed by atoms with van der Waals surface area (Å²) in [6, 6.07) is 4.64. The van der Waals surface area contributed by atoms with E-state index in [2.05, 4.69) is 14.7 Å². The van der Waals surface area contributed by atoms with Crippen LogP contribution in [-0.4, -0.2) is 25.5 Å². The van der Waals surface area contributed by atoms with Gasteiger partial charge in [-0.1, -0.05) is 0 Å². The molecule has 2 rings (SSSR count). The molecule has 0 atom stereocenters. The first kappa shape index (κ1) is 13.2. The standard InChI is InChI=1S/C11H14N4O3S/c1-7-13-6-11(14-7)19(16,17)15-8-3-4-10(18-2)9(12)5-8/h3-6,15H,12H2,1-2H3,(H,13,14). The highest BCUT2D eigenvalue weighted by molar-refractivity contribution is 7.92. The summed E-state index contributed by atoms with van der Waals surface area (Å²) in [5, 5.41) is -0.000565. The van der Waals surface area contributed by atoms with Crippen LogP contribution in [0.1, 0.15) is 5.82 Å². The molecular formula is C11H14N4O3S. The van der Waals surface area contributed by atoms with E-state index < -0.39 is 10.0 Å². The Balaban J connectivity index is 2.28. The number of anilines is 2. The van der Waals surface area contributed by atoms with Crippen LogP contribution in [-0.2, 0) is 10.0 Å². The van der Waals surface area contributed by atoms with Crippen LogP contribution in [0.25, 0.3) is 0 Å². The molecule has 0 spiro atoms. The number of nitrogen functional groups attached to an aromatic ring is 1. The number of benzene rings is 1. The molecule has 0 bridgehead atoms. The topological polar surface area (TPSA) is 110 Å². The molecule has 1 aromatic heterocycles. The quantitative estimate of drug-likeness (QED) is 0.728. The number of hydrogen-bond donors (Lipinski definition) is 3. The largest absolute Gasteiger partial charge is 0.495 e. The van der Waals surface area contributed by atoms with Crippen molar-refractivity contribution in [3.05, 3.63) is 30.2 Å². The molecule has 0 aliphatic carbocycles. The predicted molar refractivity (Wildman–Crippen MR) is 71.5 cm³/mol. The molecule has 7 nitrogen and oxygen atoms in total. The van der Waals surface area contributed by atoms with Gasteiger partial charge in [0.05, 0.1) is 24.7 Å². The van der Waals surface area contributed by atoms with Gasteiger partial charge < -0.3 is 15.5 Å². The number of aromatic nitrogens is 2. The Morgan fingerprint density at radius 3 is 2.68 bits per heavy atom. The van der Waals surface area contributed by atoms with Crippen molar-refractivity contribution in [1.29, 1.82) is 0 Å². The summed E-state index contributed by atoms with van der Waals surface area (Å²) in [5.41, 5.74) is 6.42. The molecule has 0 unspecified atom stereocenters. The van der Waals surface area contributed by atoms with Gasteiger partial charge in [-0.3, -0.25) is 4.72 Å². The number of aryl methyl sites for hydroxylation is 1. The SMILES string of the molecule is COc1ccc(NS(=O)(=O)c2cnc(C)[nH]2)cc1N. The molecule has 8 heteroatoms. The van der Waals surface area contributed by atoms with Crippen molar-refractivity contribution >= 4 is 21.4 Å². The maximum atomic E-state index is 12.0. The van der Waals surface area contributed by atoms with Crippen LogP contribution in [0.3, 0.4) is 0 Å². The number of nitrogens with two attached hydrogens (primary N) is 1. The second kappa shape index (κ2) is 4.81. The van der Waals surface area contributed by atoms with Gasteiger partial charge in [-0.15, -0.1) is 0 Å². The van der Waals surface area contributed by atoms with Crippen molar-refractivity contribution in [3.63, 3.8) is 0 Å². The lowest BCUT2D eigenvalue weighted by atomic mass is 10.2. The van der Waals surface area contributed by atoms with Gasteiger partial charge in [-0.25, -0.2) is 4.98 Å². The highest BCUT2D eigenvalue weighted by atomic mass is 32.2. The van der Waals surface area contributed by atoms with Crippen molar-refractivity contribution in [2.45, 2.75) is 11.9 Å². The summed E-state index contributed by atoms with van der Waals surface area (Å²) in [6.07, 6.45) is 1.25. The number of nitrogens with zero attached hydrogens (tertiary/aromatic N) is 1. The average Bonchev–Trinajstić information content (AvgIpc) is 2.76. The van der Waals surface area contributed by atoms with Crippen LogP contribution in [0, 0.1) is 6.92 Å². The molecule has 1 aromatic carbocycles. The van der Waals surface area contributed by atoms with Gasteiger partial charge in [0.2, 0.25) is 0 Å². The molecule has 2 aromatic rings. The van der Waals surface area contributed by atoms with E-state index in [0.29, 0.717) is 22.9 Å². The molecule has 0 aliphatic rings. The number of rotatable bonds is 4. The first-order valence-corrected chi connectivity index (χ1v) is 6.88. The molecule has 0 saturated heterocycles. The molecule has 0 aliphatic heterocycles. The lowest BCUT2D eigenvalue weighted by Gasteiger charge is -2.09. The predicted octanol–water partition coefficient (Wildman–Crippen LogP) is 1.11. The smallest absolute Gasteiger partial charge is 0.278 e. The molecule has 0 radical (unpaired) electrons. The second-order valence-corrected chi connectivity index (χ2v) is 5.55. The summed E-state index contributed by atoms with van der Waals surface area (Å²) >= 11 is 0. The van der Waals surface area contributed by atoms with Gasteiger partial charge in [0.15, 0.2) is 5.03 Å². The first-order valence-electron chi connectivity index (χ1n) is 5.40. The minimum Gasteiger partial charge on any atom is -0.495 e. The maximum absolute atomic E-state index is 12.0. The number of ether oxygens (including phenoxy) is 1. The Morgan fingerprint density at radius 1 is 1.42 bits per heavy atom. The van der Waals surface area contributed by atoms with Crippen molar-refractivity contribution in [1.82, 2.24) is 9.97 Å². The fourth-order valence-corrected chi connectivity index (χ4v) is 2.56. The molecule has 0 fully saturated rings. The molecule has 0 saturated carbocycles. The fourth-order valence-electron chi connectivity index (χ4n) is 1.54. The van der Waals surface area contributed by atoms with Gasteiger partial charge in [-0.05, 0) is 25.1 Å². The molecule has 102 valence electrons. The fraction of sp³-hybridized carbons (Fsp3) is 0.182. The number of methoxy groups -OCH3 is 1. The summed E-state index contributed by atoms with van der Waals surface area (Å²) in [5.74, 6) is 1.01. The summed E-state index contributed by atoms with van der Waals surface area (Å²) in [6.45, 7) is 1.67. The summed E-state index contributed by atoms with van der Waals surface area (Å²) in [4.78, 5) is 6.51. The average molecular weight is 282 g/mol. The highest BCUT2D eigenvalue weighted by Gasteiger charge is 2.17. The Morgan fingerprint density at radius 2 is 2.16 bits per heavy atom. The van der Waals surface area contributed by atoms with Crippen molar-refractivity contribution in [3.8, 4) is 5.75 Å². The summed E-state index contributed by atoms with van der Waals surface area (Å²) < 4.78 is 31.5. The van der Waals surface area contributed by atoms with E-state index in [1.807, 2.05) is 0 Å². The van der Waals surface area contributed by atoms with Gasteiger partial charge in [-0.2, -0.15) is 8.42 Å². The van der Waals surface area contributed by atoms with Crippen LogP contribution >= 0.6 is 0 Å². The van der Waals surface area contributed by atoms with Crippen LogP contribution < -0.4 is 15.2 Å². The van der Waals surface area contributed by atoms with E-state index in [9.17, 15) is 8.42 Å². The van der Waals surface area contributed by atoms with Gasteiger partial charge in [0.25, 0.3) is 10.0 Å². The first-order chi connectivity index (χ1) is 8.92. The van der Waals surface area contributed by atoms with E-state index in [1.54, 1.807) is 19.1 Å². The number of aromatic amines is 1. The van der Waals surface area contributed by atoms with Gasteiger partial charge in [0.1, 0.15) is 11.6 Å². The third kappa shape index (κ3) is 2.79. The van der Waals surface area contributed by atoms with Crippen LogP contribution in [0.4, 0.5) is 11.4 Å². The van der Waals surface area contributed by atoms with Gasteiger partial charge >= 0.3 is 0 Å². The third-order valence-corrected chi connectivity index (χ3v) is 3.74. The zero-order valence-corrected chi connectivity index (χ0v) is 11.3. The third-order valence-electron chi connectivity index (χ3n) is 2.45. The molecule has 4 N–H and O–H groups in total. The van der Waals surface area contributed by atoms with E-state index in [-0.39, 0.29) is 5.03 Å². The second-order valence-electron chi connectivity index (χ2n) is 3.90. The summed E-state index contributed by atoms with van der Waals surface area (Å²) in [7, 11) is -2.20. The lowest BCUT2D eigenvalue weighted by molar-refractivity contribution is 0.417. The minimum absolute atomic E-state index is 0.000565. The Labute approximate surface area is 110 Å². The van der Waals surface area contributed by atoms with Crippen molar-refractivity contribution < 1.29 is 13.2 Å². The highest BCUT2D eigenvalue weighted by Crippen LogP contribution is 2.25. The Bertz CT molecular complexity index is 694. The maximum Gasteiger partial charge on any atom is 0.278 e. The molecular weight excluding hydrogens is 268 g/mol. The zero-order chi connectivity index (χ0) is 14.0. The zero-order valence-electron chi connectivity index (χ0n) is 10.5. The van der Waals surface area contributed by atoms with Crippen molar-refractivity contribution in [2.24, 2.45) is 0 Å². The van der Waals surface area contributed by atoms with Crippen molar-refractivity contribution in [2.75, 3.05) is 17.6 Å². The Kier molecular flexibility index (Phi) is 3.34. The number of H-pyrrole nitrogens is 1. The van der Waals surface area contributed by atoms with E-state index in [0.717, 1.165) is 0 Å². The van der Waals surface area contributed by atoms with E-state index in [1.165, 1.54) is 19.4 Å². The number of nitrogens with one attached hydrogen (secondary N) is 2. The molecule has 0 amide bonds. The Hall–Kier alpha value is -2.22. The van der Waals surface area contributed by atoms with Crippen LogP contribution in [0.5, 0.6) is 5.75 Å². The number of hydrogen-bond acceptors (Lipinski definition) is 5. The monoisotopic (exact) mass is 282 g/mol. The number of sulfonamides is 1. The normalized spacial score (nSPS) is 11.3. The van der Waals surface area contributed by atoms with Gasteiger partial charge in [0, 0.05) is 0 Å². The minimum atomic E-state index is -3.69. The van der Waals surface area contributed by atoms with Crippen LogP contribution in [0.15, 0.2) is 29.4 Å². The molecule has 19 heavy (non-hydrogen) atoms. The number of imidazole rings is 1. The lowest BCUT2D eigenvalue weighted by Crippen LogP contribution is -2.13. The molecule has 1 heterocycles. The van der Waals surface area contributed by atoms with Crippen LogP contribution in [0.2, 0.25) is 0 Å². The van der Waals surface area contributed by atoms with E-state index in [4.69, 9.17) is 10.5 Å².